The Labute approximate surface area is 70.9 Å². The summed E-state index contributed by atoms with van der Waals surface area (Å²) in [5.41, 5.74) is 0.544. The molecule has 1 aromatic rings. The number of aromatic nitrogens is 2. The number of ketones is 1. The van der Waals surface area contributed by atoms with Gasteiger partial charge in [-0.15, -0.1) is 0 Å². The highest BCUT2D eigenvalue weighted by atomic mass is 16.3. The topological polar surface area (TPSA) is 55.1 Å². The first-order chi connectivity index (χ1) is 5.69. The van der Waals surface area contributed by atoms with E-state index < -0.39 is 0 Å². The van der Waals surface area contributed by atoms with Crippen molar-refractivity contribution in [2.75, 3.05) is 0 Å². The molecule has 0 aliphatic rings. The van der Waals surface area contributed by atoms with E-state index >= 15 is 0 Å². The summed E-state index contributed by atoms with van der Waals surface area (Å²) in [4.78, 5) is 15.0. The van der Waals surface area contributed by atoms with Gasteiger partial charge in [-0.05, 0) is 6.92 Å². The Hall–Kier alpha value is -1.16. The molecule has 1 heterocycles. The number of aryl methyl sites for hydroxylation is 1. The van der Waals surface area contributed by atoms with Crippen LogP contribution in [0.1, 0.15) is 30.2 Å². The normalized spacial score (nSPS) is 10.2. The number of Topliss-reactive ketones (excluding diaryl/α,β-unsaturated/α-hetero) is 1. The van der Waals surface area contributed by atoms with Crippen molar-refractivity contribution < 1.29 is 9.90 Å². The first-order valence-corrected chi connectivity index (χ1v) is 3.86. The molecule has 12 heavy (non-hydrogen) atoms. The summed E-state index contributed by atoms with van der Waals surface area (Å²) < 4.78 is 1.73. The van der Waals surface area contributed by atoms with Crippen LogP contribution in [-0.4, -0.2) is 20.4 Å². The van der Waals surface area contributed by atoms with Crippen LogP contribution in [0.15, 0.2) is 6.20 Å². The van der Waals surface area contributed by atoms with Gasteiger partial charge in [0.15, 0.2) is 11.6 Å². The molecule has 0 aromatic carbocycles. The summed E-state index contributed by atoms with van der Waals surface area (Å²) in [6.07, 6.45) is 1.69. The quantitative estimate of drug-likeness (QED) is 0.672. The third-order valence-electron chi connectivity index (χ3n) is 1.64. The number of carbonyl (C=O) groups is 1. The van der Waals surface area contributed by atoms with Crippen molar-refractivity contribution in [2.45, 2.75) is 27.0 Å². The van der Waals surface area contributed by atoms with Crippen LogP contribution in [-0.2, 0) is 13.2 Å². The summed E-state index contributed by atoms with van der Waals surface area (Å²) in [5, 5.41) is 8.77. The third-order valence-corrected chi connectivity index (χ3v) is 1.64. The van der Waals surface area contributed by atoms with Crippen LogP contribution in [0.4, 0.5) is 0 Å². The Morgan fingerprint density at radius 2 is 2.42 bits per heavy atom. The second kappa shape index (κ2) is 3.49. The Kier molecular flexibility index (Phi) is 2.60. The highest BCUT2D eigenvalue weighted by Crippen LogP contribution is 2.03. The molecule has 4 nitrogen and oxygen atoms in total. The molecule has 1 aromatic heterocycles. The van der Waals surface area contributed by atoms with Crippen molar-refractivity contribution in [3.8, 4) is 0 Å². The van der Waals surface area contributed by atoms with Crippen molar-refractivity contribution in [1.29, 1.82) is 0 Å². The van der Waals surface area contributed by atoms with Gasteiger partial charge in [0.25, 0.3) is 0 Å². The molecule has 0 atom stereocenters. The maximum Gasteiger partial charge on any atom is 0.195 e. The molecule has 0 bridgehead atoms. The van der Waals surface area contributed by atoms with Gasteiger partial charge in [-0.2, -0.15) is 0 Å². The van der Waals surface area contributed by atoms with Gasteiger partial charge in [0.2, 0.25) is 0 Å². The Bertz CT molecular complexity index is 291. The summed E-state index contributed by atoms with van der Waals surface area (Å²) in [6.45, 7) is 3.97. The minimum Gasteiger partial charge on any atom is -0.390 e. The van der Waals surface area contributed by atoms with Crippen LogP contribution < -0.4 is 0 Å². The van der Waals surface area contributed by atoms with E-state index in [9.17, 15) is 4.79 Å². The maximum atomic E-state index is 11.0. The van der Waals surface area contributed by atoms with E-state index in [2.05, 4.69) is 4.98 Å². The molecule has 0 unspecified atom stereocenters. The minimum absolute atomic E-state index is 0.0726. The Morgan fingerprint density at radius 1 is 1.75 bits per heavy atom. The largest absolute Gasteiger partial charge is 0.390 e. The molecule has 0 saturated heterocycles. The zero-order chi connectivity index (χ0) is 9.14. The summed E-state index contributed by atoms with van der Waals surface area (Å²) >= 11 is 0. The second-order valence-corrected chi connectivity index (χ2v) is 2.56. The highest BCUT2D eigenvalue weighted by molar-refractivity contribution is 5.90. The fourth-order valence-corrected chi connectivity index (χ4v) is 1.07. The first kappa shape index (κ1) is 8.93. The fraction of sp³-hybridized carbons (Fsp3) is 0.500. The van der Waals surface area contributed by atoms with Gasteiger partial charge < -0.3 is 9.67 Å². The van der Waals surface area contributed by atoms with Gasteiger partial charge in [0.05, 0.1) is 12.3 Å². The zero-order valence-electron chi connectivity index (χ0n) is 7.24. The molecule has 0 aliphatic heterocycles. The number of hydrogen-bond donors (Lipinski definition) is 1. The summed E-state index contributed by atoms with van der Waals surface area (Å²) in [5.74, 6) is 0.345. The molecule has 0 amide bonds. The average Bonchev–Trinajstić information content (AvgIpc) is 2.47. The average molecular weight is 168 g/mol. The maximum absolute atomic E-state index is 11.0. The fourth-order valence-electron chi connectivity index (χ4n) is 1.07. The van der Waals surface area contributed by atoms with Gasteiger partial charge in [0.1, 0.15) is 0 Å². The lowest BCUT2D eigenvalue weighted by molar-refractivity contribution is 0.0999. The van der Waals surface area contributed by atoms with E-state index in [1.807, 2.05) is 6.92 Å². The minimum atomic E-state index is -0.118. The van der Waals surface area contributed by atoms with Crippen LogP contribution in [0, 0.1) is 0 Å². The highest BCUT2D eigenvalue weighted by Gasteiger charge is 2.09. The Morgan fingerprint density at radius 3 is 2.75 bits per heavy atom. The molecule has 0 saturated carbocycles. The van der Waals surface area contributed by atoms with Crippen molar-refractivity contribution in [3.05, 3.63) is 17.7 Å². The molecule has 0 fully saturated rings. The molecule has 1 N–H and O–H groups in total. The van der Waals surface area contributed by atoms with Gasteiger partial charge >= 0.3 is 0 Å². The van der Waals surface area contributed by atoms with Crippen LogP contribution in [0.5, 0.6) is 0 Å². The number of aliphatic hydroxyl groups is 1. The number of carbonyl (C=O) groups excluding carboxylic acids is 1. The number of aliphatic hydroxyl groups excluding tert-OH is 1. The molecule has 1 rings (SSSR count). The van der Waals surface area contributed by atoms with E-state index in [-0.39, 0.29) is 12.4 Å². The number of nitrogens with zero attached hydrogens (tertiary/aromatic N) is 2. The van der Waals surface area contributed by atoms with Crippen molar-refractivity contribution >= 4 is 5.78 Å². The molecule has 0 radical (unpaired) electrons. The van der Waals surface area contributed by atoms with Gasteiger partial charge in [0, 0.05) is 19.7 Å². The van der Waals surface area contributed by atoms with Crippen molar-refractivity contribution in [1.82, 2.24) is 9.55 Å². The molecular formula is C8H12N2O2. The molecule has 66 valence electrons. The van der Waals surface area contributed by atoms with Crippen LogP contribution in [0.25, 0.3) is 0 Å². The lowest BCUT2D eigenvalue weighted by Crippen LogP contribution is -2.05. The van der Waals surface area contributed by atoms with E-state index in [4.69, 9.17) is 5.11 Å². The van der Waals surface area contributed by atoms with Crippen molar-refractivity contribution in [3.63, 3.8) is 0 Å². The van der Waals surface area contributed by atoms with Crippen LogP contribution in [0.2, 0.25) is 0 Å². The summed E-state index contributed by atoms with van der Waals surface area (Å²) in [7, 11) is 0. The van der Waals surface area contributed by atoms with E-state index in [1.165, 1.54) is 6.92 Å². The zero-order valence-corrected chi connectivity index (χ0v) is 7.24. The second-order valence-electron chi connectivity index (χ2n) is 2.56. The standard InChI is InChI=1S/C8H12N2O2/c1-3-10-4-7(5-11)9-8(10)6(2)12/h4,11H,3,5H2,1-2H3. The number of rotatable bonds is 3. The number of hydrogen-bond acceptors (Lipinski definition) is 3. The van der Waals surface area contributed by atoms with Gasteiger partial charge in [-0.1, -0.05) is 0 Å². The lowest BCUT2D eigenvalue weighted by atomic mass is 10.4. The van der Waals surface area contributed by atoms with E-state index in [0.29, 0.717) is 18.1 Å². The van der Waals surface area contributed by atoms with Crippen LogP contribution >= 0.6 is 0 Å². The predicted molar refractivity (Wildman–Crippen MR) is 43.8 cm³/mol. The van der Waals surface area contributed by atoms with E-state index in [0.717, 1.165) is 0 Å². The van der Waals surface area contributed by atoms with Gasteiger partial charge in [-0.3, -0.25) is 4.79 Å². The molecule has 4 heteroatoms. The van der Waals surface area contributed by atoms with Crippen LogP contribution in [0.3, 0.4) is 0 Å². The molecule has 0 aliphatic carbocycles. The molecular weight excluding hydrogens is 156 g/mol. The predicted octanol–water partition coefficient (Wildman–Crippen LogP) is 0.598. The summed E-state index contributed by atoms with van der Waals surface area (Å²) in [6, 6.07) is 0. The van der Waals surface area contributed by atoms with Crippen molar-refractivity contribution in [2.24, 2.45) is 0 Å². The third kappa shape index (κ3) is 1.53. The first-order valence-electron chi connectivity index (χ1n) is 3.86. The SMILES string of the molecule is CCn1cc(CO)nc1C(C)=O. The Balaban J connectivity index is 3.08. The lowest BCUT2D eigenvalue weighted by Gasteiger charge is -1.98. The number of imidazole rings is 1. The molecule has 0 spiro atoms. The monoisotopic (exact) mass is 168 g/mol. The van der Waals surface area contributed by atoms with Gasteiger partial charge in [-0.25, -0.2) is 4.98 Å². The van der Waals surface area contributed by atoms with E-state index in [1.54, 1.807) is 10.8 Å². The smallest absolute Gasteiger partial charge is 0.195 e.